The van der Waals surface area contributed by atoms with E-state index in [1.54, 1.807) is 15.8 Å². The molecule has 2 heterocycles. The first kappa shape index (κ1) is 17.0. The molecule has 1 aromatic carbocycles. The van der Waals surface area contributed by atoms with Crippen molar-refractivity contribution in [1.82, 2.24) is 19.9 Å². The number of likely N-dealkylation sites (tertiary alicyclic amines) is 1. The van der Waals surface area contributed by atoms with Crippen LogP contribution < -0.4 is 5.73 Å². The van der Waals surface area contributed by atoms with Gasteiger partial charge in [0.15, 0.2) is 0 Å². The number of hydrogen-bond acceptors (Lipinski definition) is 5. The van der Waals surface area contributed by atoms with Crippen molar-refractivity contribution in [3.63, 3.8) is 0 Å². The van der Waals surface area contributed by atoms with Gasteiger partial charge in [-0.05, 0) is 25.0 Å². The standard InChI is InChI=1S/C15H17Cl2N5O2/c16-12-4-9(5-13(17)14(12)18)15(24)21-3-1-2-11(7-21)22-6-10(8-23)19-20-22/h4-6,11,23H,1-3,7-8,18H2. The summed E-state index contributed by atoms with van der Waals surface area (Å²) >= 11 is 12.0. The van der Waals surface area contributed by atoms with Gasteiger partial charge in [0.25, 0.3) is 5.91 Å². The molecule has 1 saturated heterocycles. The average molecular weight is 370 g/mol. The highest BCUT2D eigenvalue weighted by Crippen LogP contribution is 2.30. The lowest BCUT2D eigenvalue weighted by Gasteiger charge is -2.32. The summed E-state index contributed by atoms with van der Waals surface area (Å²) in [7, 11) is 0. The van der Waals surface area contributed by atoms with Crippen LogP contribution in [0, 0.1) is 0 Å². The number of aliphatic hydroxyl groups is 1. The fourth-order valence-corrected chi connectivity index (χ4v) is 3.30. The number of nitrogen functional groups attached to an aromatic ring is 1. The van der Waals surface area contributed by atoms with Crippen molar-refractivity contribution in [2.45, 2.75) is 25.5 Å². The van der Waals surface area contributed by atoms with Crippen LogP contribution in [0.15, 0.2) is 18.3 Å². The van der Waals surface area contributed by atoms with Gasteiger partial charge in [0.1, 0.15) is 5.69 Å². The number of rotatable bonds is 3. The van der Waals surface area contributed by atoms with Crippen LogP contribution in [0.5, 0.6) is 0 Å². The summed E-state index contributed by atoms with van der Waals surface area (Å²) in [6.07, 6.45) is 3.44. The highest BCUT2D eigenvalue weighted by atomic mass is 35.5. The molecule has 0 radical (unpaired) electrons. The summed E-state index contributed by atoms with van der Waals surface area (Å²) in [4.78, 5) is 14.5. The van der Waals surface area contributed by atoms with E-state index in [0.29, 0.717) is 24.3 Å². The van der Waals surface area contributed by atoms with Crippen molar-refractivity contribution in [2.75, 3.05) is 18.8 Å². The van der Waals surface area contributed by atoms with Gasteiger partial charge in [0.05, 0.1) is 34.6 Å². The topological polar surface area (TPSA) is 97.3 Å². The molecule has 0 saturated carbocycles. The van der Waals surface area contributed by atoms with Gasteiger partial charge < -0.3 is 15.7 Å². The van der Waals surface area contributed by atoms with E-state index in [4.69, 9.17) is 34.0 Å². The van der Waals surface area contributed by atoms with E-state index < -0.39 is 0 Å². The summed E-state index contributed by atoms with van der Waals surface area (Å²) in [6.45, 7) is 1.00. The minimum atomic E-state index is -0.155. The largest absolute Gasteiger partial charge is 0.396 e. The van der Waals surface area contributed by atoms with E-state index in [9.17, 15) is 4.79 Å². The van der Waals surface area contributed by atoms with E-state index in [0.717, 1.165) is 12.8 Å². The Kier molecular flexibility index (Phi) is 4.93. The Bertz CT molecular complexity index is 741. The van der Waals surface area contributed by atoms with Crippen molar-refractivity contribution in [3.8, 4) is 0 Å². The quantitative estimate of drug-likeness (QED) is 0.807. The number of hydrogen-bond donors (Lipinski definition) is 2. The summed E-state index contributed by atoms with van der Waals surface area (Å²) in [5.41, 5.74) is 6.91. The summed E-state index contributed by atoms with van der Waals surface area (Å²) in [5, 5.41) is 17.5. The molecule has 1 aliphatic rings. The molecule has 3 rings (SSSR count). The van der Waals surface area contributed by atoms with E-state index in [1.165, 1.54) is 12.1 Å². The number of halogens is 2. The van der Waals surface area contributed by atoms with E-state index in [2.05, 4.69) is 10.3 Å². The zero-order chi connectivity index (χ0) is 17.3. The average Bonchev–Trinajstić information content (AvgIpc) is 3.08. The third-order valence-corrected chi connectivity index (χ3v) is 4.73. The van der Waals surface area contributed by atoms with Crippen LogP contribution in [0.1, 0.15) is 34.9 Å². The monoisotopic (exact) mass is 369 g/mol. The first-order valence-corrected chi connectivity index (χ1v) is 8.30. The molecule has 2 aromatic rings. The number of aromatic nitrogens is 3. The lowest BCUT2D eigenvalue weighted by atomic mass is 10.0. The smallest absolute Gasteiger partial charge is 0.254 e. The van der Waals surface area contributed by atoms with Gasteiger partial charge in [-0.15, -0.1) is 5.10 Å². The molecule has 128 valence electrons. The normalized spacial score (nSPS) is 18.0. The number of carbonyl (C=O) groups excluding carboxylic acids is 1. The summed E-state index contributed by atoms with van der Waals surface area (Å²) in [6, 6.07) is 3.09. The third kappa shape index (κ3) is 3.33. The second-order valence-electron chi connectivity index (χ2n) is 5.75. The molecule has 1 fully saturated rings. The zero-order valence-electron chi connectivity index (χ0n) is 12.8. The maximum absolute atomic E-state index is 12.7. The van der Waals surface area contributed by atoms with Crippen LogP contribution >= 0.6 is 23.2 Å². The van der Waals surface area contributed by atoms with Crippen molar-refractivity contribution >= 4 is 34.8 Å². The Morgan fingerprint density at radius 1 is 1.38 bits per heavy atom. The van der Waals surface area contributed by atoms with E-state index in [1.807, 2.05) is 0 Å². The van der Waals surface area contributed by atoms with Gasteiger partial charge >= 0.3 is 0 Å². The van der Waals surface area contributed by atoms with Crippen LogP contribution in [0.2, 0.25) is 10.0 Å². The molecule has 1 atom stereocenters. The SMILES string of the molecule is Nc1c(Cl)cc(C(=O)N2CCCC(n3cc(CO)nn3)C2)cc1Cl. The number of aliphatic hydroxyl groups excluding tert-OH is 1. The van der Waals surface area contributed by atoms with Crippen LogP contribution in [0.25, 0.3) is 0 Å². The lowest BCUT2D eigenvalue weighted by molar-refractivity contribution is 0.0672. The highest BCUT2D eigenvalue weighted by molar-refractivity contribution is 6.39. The third-order valence-electron chi connectivity index (χ3n) is 4.10. The second-order valence-corrected chi connectivity index (χ2v) is 6.56. The number of carbonyl (C=O) groups is 1. The number of anilines is 1. The fourth-order valence-electron chi connectivity index (χ4n) is 2.81. The fraction of sp³-hybridized carbons (Fsp3) is 0.400. The maximum atomic E-state index is 12.7. The van der Waals surface area contributed by atoms with Crippen molar-refractivity contribution in [3.05, 3.63) is 39.6 Å². The highest BCUT2D eigenvalue weighted by Gasteiger charge is 2.27. The zero-order valence-corrected chi connectivity index (χ0v) is 14.3. The van der Waals surface area contributed by atoms with Crippen LogP contribution in [-0.4, -0.2) is 44.0 Å². The first-order chi connectivity index (χ1) is 11.5. The van der Waals surface area contributed by atoms with Gasteiger partial charge in [-0.3, -0.25) is 4.79 Å². The predicted molar refractivity (Wildman–Crippen MR) is 91.0 cm³/mol. The summed E-state index contributed by atoms with van der Waals surface area (Å²) in [5.74, 6) is -0.147. The molecule has 1 aliphatic heterocycles. The predicted octanol–water partition coefficient (Wildman–Crippen LogP) is 2.14. The number of piperidine rings is 1. The molecular formula is C15H17Cl2N5O2. The van der Waals surface area contributed by atoms with Crippen LogP contribution in [-0.2, 0) is 6.61 Å². The van der Waals surface area contributed by atoms with Gasteiger partial charge in [-0.25, -0.2) is 4.68 Å². The molecule has 0 spiro atoms. The maximum Gasteiger partial charge on any atom is 0.254 e. The Morgan fingerprint density at radius 2 is 2.08 bits per heavy atom. The van der Waals surface area contributed by atoms with Crippen molar-refractivity contribution in [1.29, 1.82) is 0 Å². The first-order valence-electron chi connectivity index (χ1n) is 7.55. The number of nitrogens with zero attached hydrogens (tertiary/aromatic N) is 4. The lowest BCUT2D eigenvalue weighted by Crippen LogP contribution is -2.40. The number of amides is 1. The Hall–Kier alpha value is -1.83. The number of nitrogens with two attached hydrogens (primary N) is 1. The Balaban J connectivity index is 1.78. The molecule has 24 heavy (non-hydrogen) atoms. The van der Waals surface area contributed by atoms with Gasteiger partial charge in [-0.1, -0.05) is 28.4 Å². The Morgan fingerprint density at radius 3 is 2.71 bits per heavy atom. The minimum absolute atomic E-state index is 0.0234. The molecule has 7 nitrogen and oxygen atoms in total. The molecular weight excluding hydrogens is 353 g/mol. The Labute approximate surface area is 148 Å². The molecule has 0 aliphatic carbocycles. The van der Waals surface area contributed by atoms with Gasteiger partial charge in [0, 0.05) is 18.7 Å². The number of benzene rings is 1. The van der Waals surface area contributed by atoms with Crippen molar-refractivity contribution < 1.29 is 9.90 Å². The summed E-state index contributed by atoms with van der Waals surface area (Å²) < 4.78 is 1.70. The minimum Gasteiger partial charge on any atom is -0.396 e. The molecule has 3 N–H and O–H groups in total. The van der Waals surface area contributed by atoms with Crippen molar-refractivity contribution in [2.24, 2.45) is 0 Å². The van der Waals surface area contributed by atoms with Crippen LogP contribution in [0.3, 0.4) is 0 Å². The second kappa shape index (κ2) is 6.96. The van der Waals surface area contributed by atoms with E-state index in [-0.39, 0.29) is 34.3 Å². The van der Waals surface area contributed by atoms with E-state index >= 15 is 0 Å². The van der Waals surface area contributed by atoms with Crippen LogP contribution in [0.4, 0.5) is 5.69 Å². The molecule has 1 unspecified atom stereocenters. The van der Waals surface area contributed by atoms with Gasteiger partial charge in [-0.2, -0.15) is 0 Å². The molecule has 1 aromatic heterocycles. The molecule has 1 amide bonds. The molecule has 9 heteroatoms. The van der Waals surface area contributed by atoms with Gasteiger partial charge in [0.2, 0.25) is 0 Å². The molecule has 0 bridgehead atoms.